The van der Waals surface area contributed by atoms with Crippen molar-refractivity contribution in [3.8, 4) is 11.3 Å². The molecule has 3 heterocycles. The molecule has 0 bridgehead atoms. The summed E-state index contributed by atoms with van der Waals surface area (Å²) >= 11 is 0. The Hall–Kier alpha value is -3.26. The first-order chi connectivity index (χ1) is 14.3. The number of carboxylic acid groups (broad SMARTS) is 2. The zero-order valence-corrected chi connectivity index (χ0v) is 17.1. The van der Waals surface area contributed by atoms with E-state index >= 15 is 0 Å². The number of hydrogen-bond acceptors (Lipinski definition) is 6. The number of aliphatic carboxylic acids is 2. The third kappa shape index (κ3) is 5.42. The first-order valence-electron chi connectivity index (χ1n) is 9.80. The predicted octanol–water partition coefficient (Wildman–Crippen LogP) is 2.16. The highest BCUT2D eigenvalue weighted by Crippen LogP contribution is 2.34. The Morgan fingerprint density at radius 2 is 1.53 bits per heavy atom. The molecular formula is C22H26N4O4. The maximum absolute atomic E-state index is 9.55. The van der Waals surface area contributed by atoms with Gasteiger partial charge in [0.15, 0.2) is 5.82 Å². The van der Waals surface area contributed by atoms with E-state index in [1.807, 2.05) is 18.2 Å². The highest BCUT2D eigenvalue weighted by atomic mass is 16.4. The lowest BCUT2D eigenvalue weighted by Crippen LogP contribution is -2.28. The van der Waals surface area contributed by atoms with Crippen LogP contribution in [0.15, 0.2) is 48.6 Å². The van der Waals surface area contributed by atoms with Crippen LogP contribution in [0, 0.1) is 18.8 Å². The number of carbonyl (C=O) groups is 2. The maximum Gasteiger partial charge on any atom is 0.328 e. The maximum atomic E-state index is 9.55. The van der Waals surface area contributed by atoms with Gasteiger partial charge in [-0.05, 0) is 37.4 Å². The van der Waals surface area contributed by atoms with Gasteiger partial charge in [-0.2, -0.15) is 0 Å². The minimum absolute atomic E-state index is 0.558. The summed E-state index contributed by atoms with van der Waals surface area (Å²) in [4.78, 5) is 24.0. The molecule has 30 heavy (non-hydrogen) atoms. The van der Waals surface area contributed by atoms with Crippen molar-refractivity contribution in [3.63, 3.8) is 0 Å². The number of aromatic nitrogens is 2. The molecule has 8 heteroatoms. The van der Waals surface area contributed by atoms with Crippen LogP contribution in [0.5, 0.6) is 0 Å². The molecule has 1 aromatic heterocycles. The van der Waals surface area contributed by atoms with Crippen LogP contribution in [0.4, 0.5) is 5.82 Å². The van der Waals surface area contributed by atoms with Gasteiger partial charge in [0.25, 0.3) is 0 Å². The number of hydrogen-bond donors (Lipinski definition) is 2. The highest BCUT2D eigenvalue weighted by molar-refractivity contribution is 5.89. The minimum Gasteiger partial charge on any atom is -0.478 e. The monoisotopic (exact) mass is 410 g/mol. The third-order valence-electron chi connectivity index (χ3n) is 5.36. The Morgan fingerprint density at radius 3 is 2.03 bits per heavy atom. The van der Waals surface area contributed by atoms with Crippen molar-refractivity contribution in [2.75, 3.05) is 38.1 Å². The quantitative estimate of drug-likeness (QED) is 0.739. The topological polar surface area (TPSA) is 107 Å². The smallest absolute Gasteiger partial charge is 0.328 e. The molecular weight excluding hydrogens is 384 g/mol. The standard InChI is InChI=1S/C18H22N4.C4H4O4/c1-13-8-17(14-6-4-3-5-7-14)19-20-18(13)22-11-15-9-21(2)10-16(15)12-22;5-3(6)1-2-4(7)8/h3-8,15-16H,9-12H2,1-2H3;1-2H,(H,5,6)(H,7,8)/b;2-1+. The molecule has 0 amide bonds. The predicted molar refractivity (Wildman–Crippen MR) is 113 cm³/mol. The summed E-state index contributed by atoms with van der Waals surface area (Å²) in [6.45, 7) is 6.83. The Morgan fingerprint density at radius 1 is 0.967 bits per heavy atom. The van der Waals surface area contributed by atoms with Crippen LogP contribution < -0.4 is 4.90 Å². The molecule has 0 aliphatic carbocycles. The molecule has 0 saturated carbocycles. The van der Waals surface area contributed by atoms with Gasteiger partial charge in [-0.1, -0.05) is 30.3 Å². The Balaban J connectivity index is 0.000000275. The van der Waals surface area contributed by atoms with Crippen LogP contribution in [0.3, 0.4) is 0 Å². The van der Waals surface area contributed by atoms with Gasteiger partial charge in [0.1, 0.15) is 0 Å². The van der Waals surface area contributed by atoms with Crippen LogP contribution in [0.25, 0.3) is 11.3 Å². The molecule has 158 valence electrons. The molecule has 2 unspecified atom stereocenters. The van der Waals surface area contributed by atoms with E-state index in [1.54, 1.807) is 0 Å². The van der Waals surface area contributed by atoms with Gasteiger partial charge in [0.2, 0.25) is 0 Å². The Labute approximate surface area is 175 Å². The van der Waals surface area contributed by atoms with Crippen molar-refractivity contribution < 1.29 is 19.8 Å². The number of likely N-dealkylation sites (tertiary alicyclic amines) is 1. The number of anilines is 1. The van der Waals surface area contributed by atoms with Gasteiger partial charge in [-0.25, -0.2) is 9.59 Å². The molecule has 2 N–H and O–H groups in total. The van der Waals surface area contributed by atoms with E-state index in [0.717, 1.165) is 42.0 Å². The number of fused-ring (bicyclic) bond motifs is 1. The number of aryl methyl sites for hydroxylation is 1. The zero-order chi connectivity index (χ0) is 21.7. The third-order valence-corrected chi connectivity index (χ3v) is 5.36. The zero-order valence-electron chi connectivity index (χ0n) is 17.1. The summed E-state index contributed by atoms with van der Waals surface area (Å²) in [7, 11) is 2.22. The van der Waals surface area contributed by atoms with Gasteiger partial charge in [0.05, 0.1) is 5.69 Å². The van der Waals surface area contributed by atoms with Crippen molar-refractivity contribution in [2.24, 2.45) is 11.8 Å². The van der Waals surface area contributed by atoms with Crippen LogP contribution in [0.2, 0.25) is 0 Å². The first-order valence-corrected chi connectivity index (χ1v) is 9.80. The van der Waals surface area contributed by atoms with Crippen LogP contribution in [-0.4, -0.2) is 70.5 Å². The van der Waals surface area contributed by atoms with Gasteiger partial charge < -0.3 is 20.0 Å². The molecule has 2 aliphatic heterocycles. The summed E-state index contributed by atoms with van der Waals surface area (Å²) in [5, 5.41) is 24.6. The Kier molecular flexibility index (Phi) is 6.79. The first kappa shape index (κ1) is 21.4. The van der Waals surface area contributed by atoms with Crippen molar-refractivity contribution in [1.29, 1.82) is 0 Å². The summed E-state index contributed by atoms with van der Waals surface area (Å²) in [5.41, 5.74) is 3.31. The summed E-state index contributed by atoms with van der Waals surface area (Å²) in [6, 6.07) is 12.4. The second-order valence-electron chi connectivity index (χ2n) is 7.76. The van der Waals surface area contributed by atoms with Crippen LogP contribution in [-0.2, 0) is 9.59 Å². The van der Waals surface area contributed by atoms with E-state index in [0.29, 0.717) is 12.2 Å². The molecule has 2 aromatic rings. The number of rotatable bonds is 4. The van der Waals surface area contributed by atoms with E-state index < -0.39 is 11.9 Å². The van der Waals surface area contributed by atoms with Crippen LogP contribution >= 0.6 is 0 Å². The number of benzene rings is 1. The minimum atomic E-state index is -1.26. The molecule has 2 fully saturated rings. The van der Waals surface area contributed by atoms with Gasteiger partial charge in [0, 0.05) is 43.9 Å². The average molecular weight is 410 g/mol. The molecule has 0 radical (unpaired) electrons. The van der Waals surface area contributed by atoms with E-state index in [9.17, 15) is 9.59 Å². The van der Waals surface area contributed by atoms with Gasteiger partial charge in [-0.3, -0.25) is 0 Å². The molecule has 0 spiro atoms. The fourth-order valence-corrected chi connectivity index (χ4v) is 4.08. The van der Waals surface area contributed by atoms with Gasteiger partial charge >= 0.3 is 11.9 Å². The van der Waals surface area contributed by atoms with Crippen LogP contribution in [0.1, 0.15) is 5.56 Å². The normalized spacial score (nSPS) is 20.7. The molecule has 1 aromatic carbocycles. The lowest BCUT2D eigenvalue weighted by atomic mass is 10.0. The fourth-order valence-electron chi connectivity index (χ4n) is 4.08. The number of carboxylic acids is 2. The molecule has 2 atom stereocenters. The highest BCUT2D eigenvalue weighted by Gasteiger charge is 2.39. The lowest BCUT2D eigenvalue weighted by molar-refractivity contribution is -0.134. The molecule has 2 saturated heterocycles. The summed E-state index contributed by atoms with van der Waals surface area (Å²) in [6.07, 6.45) is 1.12. The largest absolute Gasteiger partial charge is 0.478 e. The summed E-state index contributed by atoms with van der Waals surface area (Å²) < 4.78 is 0. The van der Waals surface area contributed by atoms with Crippen molar-refractivity contribution in [2.45, 2.75) is 6.92 Å². The van der Waals surface area contributed by atoms with E-state index in [4.69, 9.17) is 10.2 Å². The van der Waals surface area contributed by atoms with Crippen molar-refractivity contribution in [3.05, 3.63) is 54.1 Å². The van der Waals surface area contributed by atoms with E-state index in [1.165, 1.54) is 18.7 Å². The molecule has 8 nitrogen and oxygen atoms in total. The average Bonchev–Trinajstić information content (AvgIpc) is 3.25. The lowest BCUT2D eigenvalue weighted by Gasteiger charge is -2.21. The second-order valence-corrected chi connectivity index (χ2v) is 7.76. The summed E-state index contributed by atoms with van der Waals surface area (Å²) in [5.74, 6) is 0.136. The van der Waals surface area contributed by atoms with Crippen molar-refractivity contribution >= 4 is 17.8 Å². The van der Waals surface area contributed by atoms with E-state index in [2.05, 4.69) is 52.2 Å². The van der Waals surface area contributed by atoms with Crippen molar-refractivity contribution in [1.82, 2.24) is 15.1 Å². The van der Waals surface area contributed by atoms with E-state index in [-0.39, 0.29) is 0 Å². The van der Waals surface area contributed by atoms with Gasteiger partial charge in [-0.15, -0.1) is 10.2 Å². The number of nitrogens with zero attached hydrogens (tertiary/aromatic N) is 4. The fraction of sp³-hybridized carbons (Fsp3) is 0.364. The second kappa shape index (κ2) is 9.49. The molecule has 4 rings (SSSR count). The Bertz CT molecular complexity index is 902. The molecule has 2 aliphatic rings. The SMILES string of the molecule is Cc1cc(-c2ccccc2)nnc1N1CC2CN(C)CC2C1.O=C(O)/C=C/C(=O)O.